The van der Waals surface area contributed by atoms with Gasteiger partial charge in [-0.15, -0.1) is 5.23 Å². The average molecular weight is 522 g/mol. The number of piperazine rings is 1. The van der Waals surface area contributed by atoms with E-state index in [9.17, 15) is 10.1 Å². The van der Waals surface area contributed by atoms with Crippen LogP contribution in [0, 0.1) is 11.3 Å². The Labute approximate surface area is 225 Å². The number of carbonyl (C=O) groups is 1. The summed E-state index contributed by atoms with van der Waals surface area (Å²) in [6, 6.07) is 15.7. The quantitative estimate of drug-likeness (QED) is 0.456. The molecule has 1 amide bonds. The number of ether oxygens (including phenoxy) is 1. The average Bonchev–Trinajstić information content (AvgIpc) is 2.92. The maximum absolute atomic E-state index is 12.8. The van der Waals surface area contributed by atoms with Crippen LogP contribution in [-0.4, -0.2) is 66.2 Å². The first-order chi connectivity index (χ1) is 18.1. The van der Waals surface area contributed by atoms with Crippen molar-refractivity contribution in [2.45, 2.75) is 64.0 Å². The summed E-state index contributed by atoms with van der Waals surface area (Å²) in [5.74, 6) is 0.0496. The standard InChI is InChI=1S/C29H39N5O4/c1-29(2,3)22-4-8-24(9-5-22)32-14-16-33(17-15-32)28(35)20-38-26-11-6-23(7-12-26)31-27-13-10-25(34(36)37)18-21(27)19-30/h4-5,8-10,13,18,23,26,31,36-37H,6-7,11-12,14-17,20H2,1-3H3. The second kappa shape index (κ2) is 12.0. The molecule has 0 atom stereocenters. The van der Waals surface area contributed by atoms with Crippen molar-refractivity contribution in [1.29, 1.82) is 5.26 Å². The van der Waals surface area contributed by atoms with Crippen molar-refractivity contribution in [2.75, 3.05) is 48.2 Å². The van der Waals surface area contributed by atoms with Crippen LogP contribution in [0.25, 0.3) is 0 Å². The molecular weight excluding hydrogens is 482 g/mol. The summed E-state index contributed by atoms with van der Waals surface area (Å²) in [4.78, 5) is 17.0. The topological polar surface area (TPSA) is 112 Å². The summed E-state index contributed by atoms with van der Waals surface area (Å²) in [5, 5.41) is 31.1. The van der Waals surface area contributed by atoms with Crippen LogP contribution in [0.4, 0.5) is 17.1 Å². The van der Waals surface area contributed by atoms with Gasteiger partial charge in [0.05, 0.1) is 23.0 Å². The van der Waals surface area contributed by atoms with Crippen LogP contribution < -0.4 is 15.4 Å². The third-order valence-electron chi connectivity index (χ3n) is 7.56. The first-order valence-corrected chi connectivity index (χ1v) is 13.4. The molecule has 1 aliphatic carbocycles. The van der Waals surface area contributed by atoms with E-state index in [4.69, 9.17) is 15.2 Å². The molecule has 2 aromatic rings. The van der Waals surface area contributed by atoms with E-state index in [-0.39, 0.29) is 41.0 Å². The molecule has 1 saturated carbocycles. The second-order valence-electron chi connectivity index (χ2n) is 11.2. The third kappa shape index (κ3) is 6.95. The molecule has 38 heavy (non-hydrogen) atoms. The van der Waals surface area contributed by atoms with Crippen molar-refractivity contribution in [1.82, 2.24) is 4.90 Å². The highest BCUT2D eigenvalue weighted by atomic mass is 16.8. The molecule has 3 N–H and O–H groups in total. The highest BCUT2D eigenvalue weighted by molar-refractivity contribution is 5.77. The van der Waals surface area contributed by atoms with Gasteiger partial charge in [-0.25, -0.2) is 0 Å². The number of amides is 1. The Kier molecular flexibility index (Phi) is 8.77. The summed E-state index contributed by atoms with van der Waals surface area (Å²) < 4.78 is 5.99. The first kappa shape index (κ1) is 27.7. The Balaban J connectivity index is 1.18. The maximum atomic E-state index is 12.8. The maximum Gasteiger partial charge on any atom is 0.248 e. The molecule has 2 fully saturated rings. The SMILES string of the molecule is CC(C)(C)c1ccc(N2CCN(C(=O)COC3CCC(Nc4ccc(N(O)O)cc4C#N)CC3)CC2)cc1. The van der Waals surface area contributed by atoms with E-state index < -0.39 is 0 Å². The van der Waals surface area contributed by atoms with Crippen molar-refractivity contribution in [2.24, 2.45) is 0 Å². The van der Waals surface area contributed by atoms with Gasteiger partial charge in [0.2, 0.25) is 5.91 Å². The van der Waals surface area contributed by atoms with E-state index in [1.54, 1.807) is 6.07 Å². The predicted molar refractivity (Wildman–Crippen MR) is 147 cm³/mol. The smallest absolute Gasteiger partial charge is 0.248 e. The van der Waals surface area contributed by atoms with Crippen molar-refractivity contribution in [3.05, 3.63) is 53.6 Å². The monoisotopic (exact) mass is 521 g/mol. The zero-order valence-electron chi connectivity index (χ0n) is 22.6. The van der Waals surface area contributed by atoms with Crippen molar-refractivity contribution in [3.63, 3.8) is 0 Å². The molecule has 0 aromatic heterocycles. The van der Waals surface area contributed by atoms with Crippen molar-refractivity contribution in [3.8, 4) is 6.07 Å². The lowest BCUT2D eigenvalue weighted by Crippen LogP contribution is -2.50. The molecule has 0 bridgehead atoms. The van der Waals surface area contributed by atoms with E-state index in [2.05, 4.69) is 61.3 Å². The molecule has 1 heterocycles. The Bertz CT molecular complexity index is 1120. The summed E-state index contributed by atoms with van der Waals surface area (Å²) in [7, 11) is 0. The van der Waals surface area contributed by atoms with Gasteiger partial charge in [0.15, 0.2) is 0 Å². The Morgan fingerprint density at radius 1 is 1.05 bits per heavy atom. The van der Waals surface area contributed by atoms with Crippen LogP contribution in [0.15, 0.2) is 42.5 Å². The minimum absolute atomic E-state index is 0.0000346. The second-order valence-corrected chi connectivity index (χ2v) is 11.2. The van der Waals surface area contributed by atoms with Gasteiger partial charge < -0.3 is 19.9 Å². The highest BCUT2D eigenvalue weighted by Crippen LogP contribution is 2.28. The van der Waals surface area contributed by atoms with E-state index in [0.29, 0.717) is 24.3 Å². The molecule has 0 spiro atoms. The molecule has 2 aromatic carbocycles. The molecule has 1 saturated heterocycles. The molecular formula is C29H39N5O4. The van der Waals surface area contributed by atoms with Crippen LogP contribution >= 0.6 is 0 Å². The lowest BCUT2D eigenvalue weighted by atomic mass is 9.87. The van der Waals surface area contributed by atoms with Gasteiger partial charge in [-0.2, -0.15) is 5.26 Å². The zero-order chi connectivity index (χ0) is 27.3. The molecule has 9 nitrogen and oxygen atoms in total. The van der Waals surface area contributed by atoms with Crippen LogP contribution in [0.1, 0.15) is 57.6 Å². The van der Waals surface area contributed by atoms with Gasteiger partial charge in [-0.1, -0.05) is 32.9 Å². The summed E-state index contributed by atoms with van der Waals surface area (Å²) >= 11 is 0. The molecule has 1 aliphatic heterocycles. The Hall–Kier alpha value is -3.32. The van der Waals surface area contributed by atoms with Gasteiger partial charge in [0.1, 0.15) is 12.7 Å². The molecule has 9 heteroatoms. The van der Waals surface area contributed by atoms with Gasteiger partial charge in [0.25, 0.3) is 0 Å². The molecule has 2 aliphatic rings. The normalized spacial score (nSPS) is 20.1. The first-order valence-electron chi connectivity index (χ1n) is 13.4. The molecule has 204 valence electrons. The summed E-state index contributed by atoms with van der Waals surface area (Å²) in [6.07, 6.45) is 3.46. The Morgan fingerprint density at radius 3 is 2.29 bits per heavy atom. The predicted octanol–water partition coefficient (Wildman–Crippen LogP) is 4.53. The van der Waals surface area contributed by atoms with Gasteiger partial charge in [0, 0.05) is 37.9 Å². The van der Waals surface area contributed by atoms with Gasteiger partial charge in [-0.05, 0) is 67.0 Å². The summed E-state index contributed by atoms with van der Waals surface area (Å²) in [5.41, 5.74) is 3.80. The largest absolute Gasteiger partial charge is 0.381 e. The lowest BCUT2D eigenvalue weighted by Gasteiger charge is -2.37. The molecule has 0 unspecified atom stereocenters. The highest BCUT2D eigenvalue weighted by Gasteiger charge is 2.26. The number of carbonyl (C=O) groups excluding carboxylic acids is 1. The fraction of sp³-hybridized carbons (Fsp3) is 0.517. The van der Waals surface area contributed by atoms with Crippen LogP contribution in [0.5, 0.6) is 0 Å². The van der Waals surface area contributed by atoms with Crippen molar-refractivity contribution >= 4 is 23.0 Å². The number of benzene rings is 2. The van der Waals surface area contributed by atoms with E-state index in [0.717, 1.165) is 38.8 Å². The van der Waals surface area contributed by atoms with Gasteiger partial charge in [-0.3, -0.25) is 15.2 Å². The van der Waals surface area contributed by atoms with Crippen LogP contribution in [0.2, 0.25) is 0 Å². The van der Waals surface area contributed by atoms with Gasteiger partial charge >= 0.3 is 0 Å². The van der Waals surface area contributed by atoms with E-state index in [1.807, 2.05) is 4.90 Å². The number of nitrogens with one attached hydrogen (secondary N) is 1. The zero-order valence-corrected chi connectivity index (χ0v) is 22.6. The Morgan fingerprint density at radius 2 is 1.71 bits per heavy atom. The minimum Gasteiger partial charge on any atom is -0.381 e. The molecule has 0 radical (unpaired) electrons. The number of rotatable bonds is 7. The van der Waals surface area contributed by atoms with Crippen LogP contribution in [0.3, 0.4) is 0 Å². The lowest BCUT2D eigenvalue weighted by molar-refractivity contribution is -0.139. The third-order valence-corrected chi connectivity index (χ3v) is 7.56. The fourth-order valence-electron chi connectivity index (χ4n) is 5.14. The summed E-state index contributed by atoms with van der Waals surface area (Å²) in [6.45, 7) is 9.79. The number of hydrogen-bond donors (Lipinski definition) is 3. The number of nitrogens with zero attached hydrogens (tertiary/aromatic N) is 4. The van der Waals surface area contributed by atoms with E-state index in [1.165, 1.54) is 23.4 Å². The number of hydrogen-bond acceptors (Lipinski definition) is 8. The number of nitriles is 1. The van der Waals surface area contributed by atoms with Crippen molar-refractivity contribution < 1.29 is 19.9 Å². The number of anilines is 3. The fourth-order valence-corrected chi connectivity index (χ4v) is 5.14. The van der Waals surface area contributed by atoms with E-state index >= 15 is 0 Å². The van der Waals surface area contributed by atoms with Crippen LogP contribution in [-0.2, 0) is 14.9 Å². The minimum atomic E-state index is -0.0000346. The molecule has 4 rings (SSSR count).